The molecule has 0 bridgehead atoms. The molecule has 7 heteroatoms. The largest absolute Gasteiger partial charge is 0.448 e. The highest BCUT2D eigenvalue weighted by atomic mass is 19.3. The monoisotopic (exact) mass is 347 g/mol. The first kappa shape index (κ1) is 22.4. The summed E-state index contributed by atoms with van der Waals surface area (Å²) < 4.78 is 30.6. The number of aliphatic hydroxyl groups is 3. The molecule has 0 saturated heterocycles. The van der Waals surface area contributed by atoms with Gasteiger partial charge in [0.1, 0.15) is 0 Å². The minimum absolute atomic E-state index is 0.124. The molecular weight excluding hydrogens is 320 g/mol. The molecule has 3 N–H and O–H groups in total. The summed E-state index contributed by atoms with van der Waals surface area (Å²) in [5.74, 6) is 0.136. The summed E-state index contributed by atoms with van der Waals surface area (Å²) in [4.78, 5) is 4.27. The van der Waals surface area contributed by atoms with Crippen molar-refractivity contribution in [2.75, 3.05) is 7.11 Å². The molecule has 1 aromatic rings. The molecule has 5 nitrogen and oxygen atoms in total. The Kier molecular flexibility index (Phi) is 11.1. The molecule has 1 aliphatic rings. The topological polar surface area (TPSA) is 82.3 Å². The standard InChI is InChI=1S/C14H17F2NO3.C2H6.CH4O/c1-8(18)5-11-7-12(19)20-14(17-11)10-4-2-3-9(6-10)13(15)16;2*1-2/h2-4,6,8,11-13,18-19H,5,7H2,1H3;1-2H3;2H,1H3. The maximum absolute atomic E-state index is 12.7. The van der Waals surface area contributed by atoms with E-state index in [0.717, 1.165) is 7.11 Å². The van der Waals surface area contributed by atoms with Crippen LogP contribution in [0, 0.1) is 0 Å². The van der Waals surface area contributed by atoms with E-state index in [1.165, 1.54) is 18.2 Å². The van der Waals surface area contributed by atoms with Gasteiger partial charge < -0.3 is 20.1 Å². The zero-order valence-corrected chi connectivity index (χ0v) is 14.5. The van der Waals surface area contributed by atoms with Gasteiger partial charge in [-0.1, -0.05) is 26.0 Å². The molecule has 3 atom stereocenters. The van der Waals surface area contributed by atoms with Gasteiger partial charge in [-0.25, -0.2) is 13.8 Å². The second-order valence-corrected chi connectivity index (χ2v) is 4.91. The molecule has 0 spiro atoms. The normalized spacial score (nSPS) is 20.7. The van der Waals surface area contributed by atoms with Crippen LogP contribution in [0.5, 0.6) is 0 Å². The minimum Gasteiger partial charge on any atom is -0.448 e. The molecular formula is C17H27F2NO4. The molecule has 0 amide bonds. The summed E-state index contributed by atoms with van der Waals surface area (Å²) in [7, 11) is 1.00. The van der Waals surface area contributed by atoms with Crippen LogP contribution in [0.15, 0.2) is 29.3 Å². The Morgan fingerprint density at radius 1 is 1.29 bits per heavy atom. The fourth-order valence-electron chi connectivity index (χ4n) is 2.15. The first-order valence-corrected chi connectivity index (χ1v) is 7.89. The molecule has 138 valence electrons. The Morgan fingerprint density at radius 3 is 2.46 bits per heavy atom. The molecule has 2 rings (SSSR count). The van der Waals surface area contributed by atoms with Gasteiger partial charge in [-0.3, -0.25) is 0 Å². The van der Waals surface area contributed by atoms with Crippen LogP contribution in [0.25, 0.3) is 0 Å². The fraction of sp³-hybridized carbons (Fsp3) is 0.588. The SMILES string of the molecule is CC.CC(O)CC1CC(O)OC(c2cccc(C(F)F)c2)=N1.CO. The van der Waals surface area contributed by atoms with Crippen molar-refractivity contribution in [2.45, 2.75) is 58.5 Å². The van der Waals surface area contributed by atoms with Gasteiger partial charge >= 0.3 is 0 Å². The van der Waals surface area contributed by atoms with E-state index in [2.05, 4.69) is 4.99 Å². The highest BCUT2D eigenvalue weighted by Crippen LogP contribution is 2.23. The molecule has 24 heavy (non-hydrogen) atoms. The molecule has 1 aromatic carbocycles. The number of alkyl halides is 2. The van der Waals surface area contributed by atoms with Gasteiger partial charge in [0.2, 0.25) is 12.2 Å². The van der Waals surface area contributed by atoms with E-state index < -0.39 is 18.8 Å². The Morgan fingerprint density at radius 2 is 1.92 bits per heavy atom. The van der Waals surface area contributed by atoms with E-state index in [1.807, 2.05) is 13.8 Å². The fourth-order valence-corrected chi connectivity index (χ4v) is 2.15. The van der Waals surface area contributed by atoms with Crippen LogP contribution in [0.1, 0.15) is 51.2 Å². The van der Waals surface area contributed by atoms with Gasteiger partial charge in [-0.15, -0.1) is 0 Å². The van der Waals surface area contributed by atoms with Crippen molar-refractivity contribution in [3.63, 3.8) is 0 Å². The molecule has 0 fully saturated rings. The third-order valence-electron chi connectivity index (χ3n) is 3.02. The minimum atomic E-state index is -2.57. The van der Waals surface area contributed by atoms with Crippen LogP contribution < -0.4 is 0 Å². The Labute approximate surface area is 141 Å². The van der Waals surface area contributed by atoms with Crippen LogP contribution in [0.3, 0.4) is 0 Å². The lowest BCUT2D eigenvalue weighted by Crippen LogP contribution is -2.31. The average Bonchev–Trinajstić information content (AvgIpc) is 2.57. The molecule has 0 aliphatic carbocycles. The highest BCUT2D eigenvalue weighted by molar-refractivity contribution is 5.94. The number of hydrogen-bond donors (Lipinski definition) is 3. The third-order valence-corrected chi connectivity index (χ3v) is 3.02. The first-order valence-electron chi connectivity index (χ1n) is 7.89. The smallest absolute Gasteiger partial charge is 0.263 e. The maximum atomic E-state index is 12.7. The highest BCUT2D eigenvalue weighted by Gasteiger charge is 2.25. The van der Waals surface area contributed by atoms with Crippen LogP contribution >= 0.6 is 0 Å². The van der Waals surface area contributed by atoms with Gasteiger partial charge in [0.15, 0.2) is 0 Å². The number of halogens is 2. The molecule has 0 saturated carbocycles. The zero-order chi connectivity index (χ0) is 18.7. The zero-order valence-electron chi connectivity index (χ0n) is 14.5. The van der Waals surface area contributed by atoms with Crippen molar-refractivity contribution in [1.82, 2.24) is 0 Å². The first-order chi connectivity index (χ1) is 11.5. The molecule has 0 aromatic heterocycles. The van der Waals surface area contributed by atoms with E-state index in [1.54, 1.807) is 13.0 Å². The van der Waals surface area contributed by atoms with Crippen molar-refractivity contribution < 1.29 is 28.8 Å². The van der Waals surface area contributed by atoms with Gasteiger partial charge in [-0.05, 0) is 25.5 Å². The number of ether oxygens (including phenoxy) is 1. The molecule has 1 heterocycles. The average molecular weight is 347 g/mol. The second kappa shape index (κ2) is 11.9. The summed E-state index contributed by atoms with van der Waals surface area (Å²) in [5, 5.41) is 26.0. The maximum Gasteiger partial charge on any atom is 0.263 e. The number of hydrogen-bond acceptors (Lipinski definition) is 5. The summed E-state index contributed by atoms with van der Waals surface area (Å²) in [5.41, 5.74) is 0.276. The van der Waals surface area contributed by atoms with Crippen molar-refractivity contribution >= 4 is 5.90 Å². The van der Waals surface area contributed by atoms with E-state index in [4.69, 9.17) is 9.84 Å². The number of aliphatic imine (C=N–C) groups is 1. The number of rotatable bonds is 4. The van der Waals surface area contributed by atoms with E-state index in [-0.39, 0.29) is 23.9 Å². The van der Waals surface area contributed by atoms with Gasteiger partial charge in [0.25, 0.3) is 6.43 Å². The number of nitrogens with zero attached hydrogens (tertiary/aromatic N) is 1. The number of benzene rings is 1. The lowest BCUT2D eigenvalue weighted by Gasteiger charge is -2.26. The predicted molar refractivity (Wildman–Crippen MR) is 89.2 cm³/mol. The summed E-state index contributed by atoms with van der Waals surface area (Å²) in [6, 6.07) is 5.42. The van der Waals surface area contributed by atoms with Gasteiger partial charge in [0.05, 0.1) is 12.1 Å². The summed E-state index contributed by atoms with van der Waals surface area (Å²) in [6.45, 7) is 5.63. The van der Waals surface area contributed by atoms with Gasteiger partial charge in [-0.2, -0.15) is 0 Å². The lowest BCUT2D eigenvalue weighted by molar-refractivity contribution is -0.0488. The van der Waals surface area contributed by atoms with Crippen LogP contribution in [0.4, 0.5) is 8.78 Å². The predicted octanol–water partition coefficient (Wildman–Crippen LogP) is 2.88. The lowest BCUT2D eigenvalue weighted by atomic mass is 10.0. The number of aliphatic hydroxyl groups excluding tert-OH is 3. The van der Waals surface area contributed by atoms with Gasteiger partial charge in [0, 0.05) is 24.7 Å². The van der Waals surface area contributed by atoms with E-state index in [0.29, 0.717) is 12.0 Å². The molecule has 0 radical (unpaired) electrons. The van der Waals surface area contributed by atoms with Crippen molar-refractivity contribution in [1.29, 1.82) is 0 Å². The summed E-state index contributed by atoms with van der Waals surface area (Å²) >= 11 is 0. The summed E-state index contributed by atoms with van der Waals surface area (Å²) in [6.07, 6.45) is -3.50. The van der Waals surface area contributed by atoms with Crippen LogP contribution in [-0.4, -0.2) is 46.8 Å². The van der Waals surface area contributed by atoms with Crippen molar-refractivity contribution in [3.05, 3.63) is 35.4 Å². The molecule has 3 unspecified atom stereocenters. The molecule has 1 aliphatic heterocycles. The Hall–Kier alpha value is -1.57. The van der Waals surface area contributed by atoms with Crippen molar-refractivity contribution in [3.8, 4) is 0 Å². The van der Waals surface area contributed by atoms with E-state index >= 15 is 0 Å². The Balaban J connectivity index is 0.00000123. The van der Waals surface area contributed by atoms with Crippen molar-refractivity contribution in [2.24, 2.45) is 4.99 Å². The quantitative estimate of drug-likeness (QED) is 0.782. The van der Waals surface area contributed by atoms with Crippen LogP contribution in [-0.2, 0) is 4.74 Å². The third kappa shape index (κ3) is 7.33. The Bertz CT molecular complexity index is 495. The second-order valence-electron chi connectivity index (χ2n) is 4.91. The van der Waals surface area contributed by atoms with Crippen LogP contribution in [0.2, 0.25) is 0 Å². The van der Waals surface area contributed by atoms with E-state index in [9.17, 15) is 19.0 Å².